The standard InChI is InChI=1S/C5H8F2N2S/c6-5(7)1-2-9(3-5)4(8)10/h1-3H2,(H2,8,10). The van der Waals surface area contributed by atoms with Gasteiger partial charge in [0.1, 0.15) is 0 Å². The molecule has 1 rings (SSSR count). The number of halogens is 2. The van der Waals surface area contributed by atoms with E-state index in [0.29, 0.717) is 0 Å². The lowest BCUT2D eigenvalue weighted by molar-refractivity contribution is 0.0176. The molecule has 0 atom stereocenters. The van der Waals surface area contributed by atoms with Gasteiger partial charge in [0.25, 0.3) is 5.92 Å². The average molecular weight is 166 g/mol. The highest BCUT2D eigenvalue weighted by Crippen LogP contribution is 2.26. The van der Waals surface area contributed by atoms with Crippen LogP contribution in [0.25, 0.3) is 0 Å². The maximum atomic E-state index is 12.4. The third-order valence-corrected chi connectivity index (χ3v) is 1.74. The highest BCUT2D eigenvalue weighted by atomic mass is 32.1. The zero-order valence-electron chi connectivity index (χ0n) is 5.31. The van der Waals surface area contributed by atoms with E-state index in [1.807, 2.05) is 0 Å². The lowest BCUT2D eigenvalue weighted by Crippen LogP contribution is -2.35. The Labute approximate surface area is 63.0 Å². The van der Waals surface area contributed by atoms with Crippen LogP contribution in [-0.4, -0.2) is 29.0 Å². The summed E-state index contributed by atoms with van der Waals surface area (Å²) in [6.07, 6.45) is -0.135. The molecule has 2 nitrogen and oxygen atoms in total. The molecule has 0 amide bonds. The fraction of sp³-hybridized carbons (Fsp3) is 0.800. The van der Waals surface area contributed by atoms with Gasteiger partial charge in [-0.05, 0) is 12.2 Å². The number of rotatable bonds is 0. The molecule has 2 N–H and O–H groups in total. The number of hydrogen-bond acceptors (Lipinski definition) is 1. The van der Waals surface area contributed by atoms with E-state index in [-0.39, 0.29) is 24.6 Å². The van der Waals surface area contributed by atoms with E-state index in [2.05, 4.69) is 12.2 Å². The van der Waals surface area contributed by atoms with Gasteiger partial charge in [-0.25, -0.2) is 8.78 Å². The Balaban J connectivity index is 2.51. The second kappa shape index (κ2) is 2.30. The number of thiocarbonyl (C=S) groups is 1. The molecule has 10 heavy (non-hydrogen) atoms. The first-order valence-electron chi connectivity index (χ1n) is 2.93. The number of nitrogens with two attached hydrogens (primary N) is 1. The maximum Gasteiger partial charge on any atom is 0.267 e. The Morgan fingerprint density at radius 2 is 2.20 bits per heavy atom. The van der Waals surface area contributed by atoms with Gasteiger partial charge < -0.3 is 10.6 Å². The lowest BCUT2D eigenvalue weighted by atomic mass is 10.3. The van der Waals surface area contributed by atoms with Crippen LogP contribution in [-0.2, 0) is 0 Å². The summed E-state index contributed by atoms with van der Waals surface area (Å²) in [6.45, 7) is -0.0370. The Hall–Kier alpha value is -0.450. The summed E-state index contributed by atoms with van der Waals surface area (Å²) in [7, 11) is 0. The molecule has 0 aliphatic carbocycles. The first kappa shape index (κ1) is 7.65. The fourth-order valence-corrected chi connectivity index (χ4v) is 1.08. The van der Waals surface area contributed by atoms with Gasteiger partial charge in [-0.2, -0.15) is 0 Å². The van der Waals surface area contributed by atoms with Crippen molar-refractivity contribution in [3.05, 3.63) is 0 Å². The van der Waals surface area contributed by atoms with Gasteiger partial charge in [-0.15, -0.1) is 0 Å². The summed E-state index contributed by atoms with van der Waals surface area (Å²) in [6, 6.07) is 0. The van der Waals surface area contributed by atoms with Crippen LogP contribution >= 0.6 is 12.2 Å². The van der Waals surface area contributed by atoms with E-state index in [4.69, 9.17) is 5.73 Å². The van der Waals surface area contributed by atoms with Crippen LogP contribution in [0.4, 0.5) is 8.78 Å². The quantitative estimate of drug-likeness (QED) is 0.533. The molecule has 5 heteroatoms. The molecule has 0 aromatic rings. The summed E-state index contributed by atoms with van der Waals surface area (Å²) in [5.41, 5.74) is 5.14. The van der Waals surface area contributed by atoms with E-state index >= 15 is 0 Å². The van der Waals surface area contributed by atoms with Crippen molar-refractivity contribution in [3.8, 4) is 0 Å². The number of hydrogen-bond donors (Lipinski definition) is 1. The van der Waals surface area contributed by atoms with Gasteiger partial charge in [0.15, 0.2) is 5.11 Å². The van der Waals surface area contributed by atoms with Gasteiger partial charge >= 0.3 is 0 Å². The van der Waals surface area contributed by atoms with Crippen molar-refractivity contribution in [1.29, 1.82) is 0 Å². The van der Waals surface area contributed by atoms with Crippen LogP contribution in [0.2, 0.25) is 0 Å². The second-order valence-electron chi connectivity index (χ2n) is 2.37. The lowest BCUT2D eigenvalue weighted by Gasteiger charge is -2.14. The molecule has 0 aromatic heterocycles. The molecule has 1 saturated heterocycles. The van der Waals surface area contributed by atoms with Crippen molar-refractivity contribution in [2.75, 3.05) is 13.1 Å². The Morgan fingerprint density at radius 3 is 2.40 bits per heavy atom. The minimum atomic E-state index is -2.59. The van der Waals surface area contributed by atoms with Crippen LogP contribution in [0.3, 0.4) is 0 Å². The molecule has 0 unspecified atom stereocenters. The molecular weight excluding hydrogens is 158 g/mol. The van der Waals surface area contributed by atoms with E-state index in [9.17, 15) is 8.78 Å². The Bertz CT molecular complexity index is 160. The molecular formula is C5H8F2N2S. The zero-order chi connectivity index (χ0) is 7.78. The summed E-state index contributed by atoms with van der Waals surface area (Å²) < 4.78 is 24.8. The van der Waals surface area contributed by atoms with Crippen molar-refractivity contribution in [3.63, 3.8) is 0 Å². The molecule has 1 aliphatic rings. The average Bonchev–Trinajstić information content (AvgIpc) is 2.10. The number of alkyl halides is 2. The third-order valence-electron chi connectivity index (χ3n) is 1.48. The van der Waals surface area contributed by atoms with Gasteiger partial charge in [-0.1, -0.05) is 0 Å². The normalized spacial score (nSPS) is 23.2. The molecule has 1 fully saturated rings. The molecule has 0 radical (unpaired) electrons. The molecule has 0 aromatic carbocycles. The van der Waals surface area contributed by atoms with Gasteiger partial charge in [-0.3, -0.25) is 0 Å². The van der Waals surface area contributed by atoms with E-state index < -0.39 is 5.92 Å². The minimum Gasteiger partial charge on any atom is -0.376 e. The van der Waals surface area contributed by atoms with Crippen molar-refractivity contribution >= 4 is 17.3 Å². The SMILES string of the molecule is NC(=S)N1CCC(F)(F)C1. The predicted octanol–water partition coefficient (Wildman–Crippen LogP) is 0.571. The molecule has 1 aliphatic heterocycles. The van der Waals surface area contributed by atoms with Crippen LogP contribution in [0.5, 0.6) is 0 Å². The van der Waals surface area contributed by atoms with E-state index in [1.54, 1.807) is 0 Å². The topological polar surface area (TPSA) is 29.3 Å². The third kappa shape index (κ3) is 1.53. The highest BCUT2D eigenvalue weighted by Gasteiger charge is 2.38. The monoisotopic (exact) mass is 166 g/mol. The van der Waals surface area contributed by atoms with Crippen molar-refractivity contribution in [2.24, 2.45) is 5.73 Å². The Kier molecular flexibility index (Phi) is 1.76. The van der Waals surface area contributed by atoms with Crippen LogP contribution in [0.15, 0.2) is 0 Å². The largest absolute Gasteiger partial charge is 0.376 e. The molecule has 0 bridgehead atoms. The summed E-state index contributed by atoms with van der Waals surface area (Å²) in [4.78, 5) is 1.31. The first-order valence-corrected chi connectivity index (χ1v) is 3.34. The summed E-state index contributed by atoms with van der Waals surface area (Å²) in [5.74, 6) is -2.59. The van der Waals surface area contributed by atoms with Crippen molar-refractivity contribution in [2.45, 2.75) is 12.3 Å². The van der Waals surface area contributed by atoms with Gasteiger partial charge in [0.2, 0.25) is 0 Å². The minimum absolute atomic E-state index is 0.0668. The molecule has 0 saturated carbocycles. The Morgan fingerprint density at radius 1 is 1.60 bits per heavy atom. The summed E-state index contributed by atoms with van der Waals surface area (Å²) in [5, 5.41) is 0.0668. The predicted molar refractivity (Wildman–Crippen MR) is 37.9 cm³/mol. The van der Waals surface area contributed by atoms with Crippen LogP contribution < -0.4 is 5.73 Å². The number of likely N-dealkylation sites (tertiary alicyclic amines) is 1. The highest BCUT2D eigenvalue weighted by molar-refractivity contribution is 7.80. The molecule has 58 valence electrons. The van der Waals surface area contributed by atoms with Crippen LogP contribution in [0.1, 0.15) is 6.42 Å². The van der Waals surface area contributed by atoms with E-state index in [0.717, 1.165) is 0 Å². The maximum absolute atomic E-state index is 12.4. The molecule has 0 spiro atoms. The van der Waals surface area contributed by atoms with Gasteiger partial charge in [0, 0.05) is 13.0 Å². The van der Waals surface area contributed by atoms with Gasteiger partial charge in [0.05, 0.1) is 6.54 Å². The zero-order valence-corrected chi connectivity index (χ0v) is 6.13. The smallest absolute Gasteiger partial charge is 0.267 e. The second-order valence-corrected chi connectivity index (χ2v) is 2.78. The molecule has 1 heterocycles. The summed E-state index contributed by atoms with van der Waals surface area (Å²) >= 11 is 4.53. The van der Waals surface area contributed by atoms with Crippen molar-refractivity contribution < 1.29 is 8.78 Å². The van der Waals surface area contributed by atoms with Crippen LogP contribution in [0, 0.1) is 0 Å². The number of nitrogens with zero attached hydrogens (tertiary/aromatic N) is 1. The fourth-order valence-electron chi connectivity index (χ4n) is 0.924. The first-order chi connectivity index (χ1) is 4.51. The van der Waals surface area contributed by atoms with Crippen molar-refractivity contribution in [1.82, 2.24) is 4.90 Å². The van der Waals surface area contributed by atoms with E-state index in [1.165, 1.54) is 4.90 Å².